The smallest absolute Gasteiger partial charge is 0.210 e. The van der Waals surface area contributed by atoms with Crippen LogP contribution in [0.5, 0.6) is 0 Å². The number of hydrogen-bond acceptors (Lipinski definition) is 2. The van der Waals surface area contributed by atoms with Crippen molar-refractivity contribution in [2.75, 3.05) is 12.4 Å². The average molecular weight is 296 g/mol. The van der Waals surface area contributed by atoms with Gasteiger partial charge in [0.2, 0.25) is 10.0 Å². The summed E-state index contributed by atoms with van der Waals surface area (Å²) in [4.78, 5) is -0.547. The zero-order valence-corrected chi connectivity index (χ0v) is 11.0. The Balaban J connectivity index is 2.15. The minimum atomic E-state index is -3.96. The zero-order chi connectivity index (χ0) is 13.4. The summed E-state index contributed by atoms with van der Waals surface area (Å²) >= 11 is 5.72. The highest BCUT2D eigenvalue weighted by Gasteiger charge is 2.42. The summed E-state index contributed by atoms with van der Waals surface area (Å²) in [5.74, 6) is -1.55. The Bertz CT molecular complexity index is 558. The van der Waals surface area contributed by atoms with Gasteiger partial charge in [-0.1, -0.05) is 0 Å². The Morgan fingerprint density at radius 1 is 1.33 bits per heavy atom. The summed E-state index contributed by atoms with van der Waals surface area (Å²) in [6.07, 6.45) is 1.70. The second kappa shape index (κ2) is 4.75. The molecule has 18 heavy (non-hydrogen) atoms. The monoisotopic (exact) mass is 295 g/mol. The Labute approximate surface area is 109 Å². The second-order valence-corrected chi connectivity index (χ2v) is 6.54. The zero-order valence-electron chi connectivity index (χ0n) is 9.42. The molecule has 0 heterocycles. The van der Waals surface area contributed by atoms with Gasteiger partial charge >= 0.3 is 0 Å². The van der Waals surface area contributed by atoms with Gasteiger partial charge in [0.25, 0.3) is 0 Å². The lowest BCUT2D eigenvalue weighted by Gasteiger charge is -2.13. The van der Waals surface area contributed by atoms with Crippen LogP contribution in [-0.2, 0) is 10.0 Å². The van der Waals surface area contributed by atoms with Crippen molar-refractivity contribution >= 4 is 21.6 Å². The molecule has 1 saturated carbocycles. The van der Waals surface area contributed by atoms with Gasteiger partial charge in [-0.05, 0) is 30.4 Å². The van der Waals surface area contributed by atoms with Gasteiger partial charge in [0.15, 0.2) is 0 Å². The summed E-state index contributed by atoms with van der Waals surface area (Å²) in [6, 6.07) is 2.36. The fourth-order valence-corrected chi connectivity index (χ4v) is 3.13. The van der Waals surface area contributed by atoms with Crippen LogP contribution in [-0.4, -0.2) is 20.8 Å². The van der Waals surface area contributed by atoms with E-state index in [4.69, 9.17) is 11.6 Å². The number of halogens is 3. The van der Waals surface area contributed by atoms with E-state index >= 15 is 0 Å². The highest BCUT2D eigenvalue weighted by Crippen LogP contribution is 2.46. The predicted octanol–water partition coefficient (Wildman–Crippen LogP) is 2.26. The van der Waals surface area contributed by atoms with Crippen LogP contribution in [0.4, 0.5) is 8.78 Å². The fourth-order valence-electron chi connectivity index (χ4n) is 1.55. The van der Waals surface area contributed by atoms with Crippen LogP contribution in [0.3, 0.4) is 0 Å². The van der Waals surface area contributed by atoms with E-state index in [1.807, 2.05) is 0 Å². The molecule has 1 fully saturated rings. The van der Waals surface area contributed by atoms with Crippen molar-refractivity contribution in [1.29, 1.82) is 0 Å². The Morgan fingerprint density at radius 3 is 2.50 bits per heavy atom. The summed E-state index contributed by atoms with van der Waals surface area (Å²) in [6.45, 7) is 0.176. The van der Waals surface area contributed by atoms with Gasteiger partial charge in [-0.2, -0.15) is 0 Å². The summed E-state index contributed by atoms with van der Waals surface area (Å²) in [5.41, 5.74) is -0.203. The molecule has 0 atom stereocenters. The Morgan fingerprint density at radius 2 is 2.00 bits per heavy atom. The molecule has 0 amide bonds. The number of rotatable bonds is 5. The first-order valence-electron chi connectivity index (χ1n) is 5.39. The number of nitrogens with one attached hydrogen (secondary N) is 1. The maximum Gasteiger partial charge on any atom is 0.243 e. The van der Waals surface area contributed by atoms with E-state index in [0.29, 0.717) is 11.9 Å². The average Bonchev–Trinajstić information content (AvgIpc) is 3.07. The summed E-state index contributed by atoms with van der Waals surface area (Å²) < 4.78 is 52.1. The number of alkyl halides is 1. The van der Waals surface area contributed by atoms with Crippen LogP contribution >= 0.6 is 11.6 Å². The molecule has 0 bridgehead atoms. The highest BCUT2D eigenvalue weighted by atomic mass is 35.5. The minimum absolute atomic E-state index is 0.176. The van der Waals surface area contributed by atoms with Crippen molar-refractivity contribution in [3.8, 4) is 0 Å². The van der Waals surface area contributed by atoms with Crippen LogP contribution in [0.15, 0.2) is 23.1 Å². The Kier molecular flexibility index (Phi) is 3.62. The van der Waals surface area contributed by atoms with E-state index in [0.717, 1.165) is 25.0 Å². The Hall–Kier alpha value is -0.720. The SMILES string of the molecule is O=S(=O)(NCC1(CCl)CC1)c1ccc(F)cc1F. The molecule has 100 valence electrons. The molecule has 3 nitrogen and oxygen atoms in total. The third-order valence-corrected chi connectivity index (χ3v) is 5.06. The molecule has 1 aromatic rings. The fraction of sp³-hybridized carbons (Fsp3) is 0.455. The van der Waals surface area contributed by atoms with Gasteiger partial charge in [0, 0.05) is 18.5 Å². The van der Waals surface area contributed by atoms with Crippen LogP contribution in [0.1, 0.15) is 12.8 Å². The van der Waals surface area contributed by atoms with E-state index in [1.165, 1.54) is 0 Å². The molecule has 0 spiro atoms. The maximum atomic E-state index is 13.4. The molecule has 2 rings (SSSR count). The van der Waals surface area contributed by atoms with E-state index in [9.17, 15) is 17.2 Å². The molecule has 1 N–H and O–H groups in total. The van der Waals surface area contributed by atoms with Crippen LogP contribution in [0, 0.1) is 17.0 Å². The molecular weight excluding hydrogens is 284 g/mol. The molecule has 1 aliphatic rings. The summed E-state index contributed by atoms with van der Waals surface area (Å²) in [7, 11) is -3.96. The normalized spacial score (nSPS) is 17.7. The van der Waals surface area contributed by atoms with Crippen molar-refractivity contribution < 1.29 is 17.2 Å². The van der Waals surface area contributed by atoms with Crippen molar-refractivity contribution in [2.24, 2.45) is 5.41 Å². The number of sulfonamides is 1. The van der Waals surface area contributed by atoms with Gasteiger partial charge in [-0.3, -0.25) is 0 Å². The first-order chi connectivity index (χ1) is 8.38. The molecule has 0 aliphatic heterocycles. The first-order valence-corrected chi connectivity index (χ1v) is 7.41. The number of hydrogen-bond donors (Lipinski definition) is 1. The molecule has 1 aliphatic carbocycles. The van der Waals surface area contributed by atoms with E-state index in [-0.39, 0.29) is 12.0 Å². The quantitative estimate of drug-likeness (QED) is 0.847. The summed E-state index contributed by atoms with van der Waals surface area (Å²) in [5, 5.41) is 0. The molecular formula is C11H12ClF2NO2S. The lowest BCUT2D eigenvalue weighted by molar-refractivity contribution is 0.521. The molecule has 0 saturated heterocycles. The molecule has 0 radical (unpaired) electrons. The van der Waals surface area contributed by atoms with Crippen LogP contribution in [0.2, 0.25) is 0 Å². The topological polar surface area (TPSA) is 46.2 Å². The van der Waals surface area contributed by atoms with Gasteiger partial charge in [0.05, 0.1) is 0 Å². The number of benzene rings is 1. The highest BCUT2D eigenvalue weighted by molar-refractivity contribution is 7.89. The van der Waals surface area contributed by atoms with E-state index in [2.05, 4.69) is 4.72 Å². The molecule has 0 aromatic heterocycles. The largest absolute Gasteiger partial charge is 0.243 e. The third kappa shape index (κ3) is 2.81. The van der Waals surface area contributed by atoms with Gasteiger partial charge in [-0.15, -0.1) is 11.6 Å². The van der Waals surface area contributed by atoms with Gasteiger partial charge < -0.3 is 0 Å². The minimum Gasteiger partial charge on any atom is -0.210 e. The van der Waals surface area contributed by atoms with Gasteiger partial charge in [0.1, 0.15) is 16.5 Å². The standard InChI is InChI=1S/C11H12ClF2NO2S/c12-6-11(3-4-11)7-15-18(16,17)10-2-1-8(13)5-9(10)14/h1-2,5,15H,3-4,6-7H2. The van der Waals surface area contributed by atoms with Crippen molar-refractivity contribution in [2.45, 2.75) is 17.7 Å². The van der Waals surface area contributed by atoms with Crippen molar-refractivity contribution in [1.82, 2.24) is 4.72 Å². The molecule has 7 heteroatoms. The van der Waals surface area contributed by atoms with Crippen LogP contribution < -0.4 is 4.72 Å². The second-order valence-electron chi connectivity index (χ2n) is 4.53. The third-order valence-electron chi connectivity index (χ3n) is 3.06. The van der Waals surface area contributed by atoms with E-state index < -0.39 is 26.6 Å². The first kappa shape index (κ1) is 13.7. The van der Waals surface area contributed by atoms with Crippen LogP contribution in [0.25, 0.3) is 0 Å². The van der Waals surface area contributed by atoms with Crippen molar-refractivity contribution in [3.05, 3.63) is 29.8 Å². The lowest BCUT2D eigenvalue weighted by atomic mass is 10.1. The van der Waals surface area contributed by atoms with E-state index in [1.54, 1.807) is 0 Å². The lowest BCUT2D eigenvalue weighted by Crippen LogP contribution is -2.31. The van der Waals surface area contributed by atoms with Gasteiger partial charge in [-0.25, -0.2) is 21.9 Å². The molecule has 1 aromatic carbocycles. The predicted molar refractivity (Wildman–Crippen MR) is 63.9 cm³/mol. The van der Waals surface area contributed by atoms with Crippen molar-refractivity contribution in [3.63, 3.8) is 0 Å². The molecule has 0 unspecified atom stereocenters. The maximum absolute atomic E-state index is 13.4.